The van der Waals surface area contributed by atoms with Gasteiger partial charge in [-0.3, -0.25) is 4.79 Å². The van der Waals surface area contributed by atoms with Crippen LogP contribution in [0.15, 0.2) is 41.5 Å². The number of nitrogens with zero attached hydrogens (tertiary/aromatic N) is 1. The first kappa shape index (κ1) is 17.5. The van der Waals surface area contributed by atoms with Crippen LogP contribution >= 0.6 is 0 Å². The third kappa shape index (κ3) is 4.84. The molecule has 0 unspecified atom stereocenters. The Hall–Kier alpha value is -2.82. The first-order valence-electron chi connectivity index (χ1n) is 7.83. The number of carbonyl (C=O) groups excluding carboxylic acids is 1. The number of amides is 1. The van der Waals surface area contributed by atoms with Gasteiger partial charge < -0.3 is 9.84 Å². The molecular weight excluding hydrogens is 304 g/mol. The number of aromatic hydroxyl groups is 1. The normalized spacial score (nSPS) is 10.8. The Balaban J connectivity index is 1.96. The molecule has 0 aliphatic rings. The molecule has 2 N–H and O–H groups in total. The summed E-state index contributed by atoms with van der Waals surface area (Å²) >= 11 is 0. The molecule has 1 amide bonds. The van der Waals surface area contributed by atoms with Crippen LogP contribution in [0.5, 0.6) is 11.5 Å². The fourth-order valence-corrected chi connectivity index (χ4v) is 2.32. The molecule has 2 rings (SSSR count). The number of benzene rings is 2. The van der Waals surface area contributed by atoms with E-state index in [4.69, 9.17) is 4.74 Å². The van der Waals surface area contributed by atoms with Gasteiger partial charge in [-0.05, 0) is 55.7 Å². The zero-order valence-corrected chi connectivity index (χ0v) is 14.2. The van der Waals surface area contributed by atoms with E-state index in [1.165, 1.54) is 17.8 Å². The van der Waals surface area contributed by atoms with Crippen molar-refractivity contribution >= 4 is 12.1 Å². The first-order valence-corrected chi connectivity index (χ1v) is 7.83. The maximum Gasteiger partial charge on any atom is 0.244 e. The first-order chi connectivity index (χ1) is 11.5. The summed E-state index contributed by atoms with van der Waals surface area (Å²) in [6.45, 7) is 6.31. The zero-order chi connectivity index (χ0) is 17.5. The average Bonchev–Trinajstić information content (AvgIpc) is 2.53. The quantitative estimate of drug-likeness (QED) is 0.633. The highest BCUT2D eigenvalue weighted by Gasteiger charge is 2.05. The van der Waals surface area contributed by atoms with E-state index in [0.29, 0.717) is 12.4 Å². The van der Waals surface area contributed by atoms with Gasteiger partial charge in [0, 0.05) is 0 Å². The Morgan fingerprint density at radius 2 is 2.04 bits per heavy atom. The lowest BCUT2D eigenvalue weighted by Gasteiger charge is -2.07. The average molecular weight is 326 g/mol. The molecule has 0 atom stereocenters. The van der Waals surface area contributed by atoms with Crippen LogP contribution in [0.4, 0.5) is 0 Å². The smallest absolute Gasteiger partial charge is 0.244 e. The van der Waals surface area contributed by atoms with Gasteiger partial charge in [0.2, 0.25) is 5.91 Å². The fourth-order valence-electron chi connectivity index (χ4n) is 2.32. The minimum atomic E-state index is -0.179. The lowest BCUT2D eigenvalue weighted by atomic mass is 10.0. The second-order valence-corrected chi connectivity index (χ2v) is 5.56. The molecule has 24 heavy (non-hydrogen) atoms. The predicted octanol–water partition coefficient (Wildman–Crippen LogP) is 3.10. The molecule has 5 heteroatoms. The van der Waals surface area contributed by atoms with Crippen molar-refractivity contribution in [3.63, 3.8) is 0 Å². The van der Waals surface area contributed by atoms with Crippen LogP contribution in [-0.4, -0.2) is 23.8 Å². The number of nitrogens with one attached hydrogen (secondary N) is 1. The Kier molecular flexibility index (Phi) is 5.95. The van der Waals surface area contributed by atoms with E-state index < -0.39 is 0 Å². The minimum absolute atomic E-state index is 0.0767. The van der Waals surface area contributed by atoms with Crippen molar-refractivity contribution < 1.29 is 14.6 Å². The molecule has 0 aliphatic carbocycles. The molecule has 5 nitrogen and oxygen atoms in total. The van der Waals surface area contributed by atoms with Crippen LogP contribution in [0.3, 0.4) is 0 Å². The van der Waals surface area contributed by atoms with E-state index in [2.05, 4.69) is 16.6 Å². The van der Waals surface area contributed by atoms with E-state index in [0.717, 1.165) is 16.7 Å². The van der Waals surface area contributed by atoms with Crippen LogP contribution < -0.4 is 10.2 Å². The summed E-state index contributed by atoms with van der Waals surface area (Å²) in [5, 5.41) is 13.6. The van der Waals surface area contributed by atoms with Gasteiger partial charge in [0.15, 0.2) is 11.5 Å². The molecule has 126 valence electrons. The number of phenols is 1. The van der Waals surface area contributed by atoms with Crippen LogP contribution in [0.1, 0.15) is 29.2 Å². The van der Waals surface area contributed by atoms with Gasteiger partial charge in [0.25, 0.3) is 0 Å². The van der Waals surface area contributed by atoms with Gasteiger partial charge >= 0.3 is 0 Å². The summed E-state index contributed by atoms with van der Waals surface area (Å²) < 4.78 is 5.31. The zero-order valence-electron chi connectivity index (χ0n) is 14.2. The summed E-state index contributed by atoms with van der Waals surface area (Å²) in [4.78, 5) is 12.0. The summed E-state index contributed by atoms with van der Waals surface area (Å²) in [5.41, 5.74) is 6.49. The summed E-state index contributed by atoms with van der Waals surface area (Å²) in [6, 6.07) is 10.9. The Morgan fingerprint density at radius 3 is 2.75 bits per heavy atom. The number of carbonyl (C=O) groups is 1. The van der Waals surface area contributed by atoms with Gasteiger partial charge in [-0.25, -0.2) is 5.43 Å². The van der Waals surface area contributed by atoms with E-state index in [1.807, 2.05) is 32.9 Å². The summed E-state index contributed by atoms with van der Waals surface area (Å²) in [6.07, 6.45) is 1.80. The van der Waals surface area contributed by atoms with Crippen molar-refractivity contribution in [1.82, 2.24) is 5.43 Å². The molecule has 0 aliphatic heterocycles. The molecule has 0 saturated heterocycles. The number of ether oxygens (including phenoxy) is 1. The van der Waals surface area contributed by atoms with Gasteiger partial charge in [0.05, 0.1) is 19.2 Å². The second kappa shape index (κ2) is 8.15. The van der Waals surface area contributed by atoms with Crippen molar-refractivity contribution in [3.8, 4) is 11.5 Å². The predicted molar refractivity (Wildman–Crippen MR) is 94.6 cm³/mol. The van der Waals surface area contributed by atoms with Gasteiger partial charge in [0.1, 0.15) is 0 Å². The highest BCUT2D eigenvalue weighted by Crippen LogP contribution is 2.26. The van der Waals surface area contributed by atoms with Crippen LogP contribution in [0, 0.1) is 13.8 Å². The van der Waals surface area contributed by atoms with Gasteiger partial charge in [-0.2, -0.15) is 5.10 Å². The molecule has 2 aromatic rings. The number of phenolic OH excluding ortho intramolecular Hbond substituents is 1. The number of aryl methyl sites for hydroxylation is 2. The summed E-state index contributed by atoms with van der Waals surface area (Å²) in [5.74, 6) is 0.290. The van der Waals surface area contributed by atoms with E-state index >= 15 is 0 Å². The standard InChI is InChI=1S/C19H22N2O3/c1-4-24-18-10-15(6-8-17(18)22)12-20-21-19(23)11-16-7-5-13(2)9-14(16)3/h5-10,12,22H,4,11H2,1-3H3,(H,21,23)/b20-12-. The minimum Gasteiger partial charge on any atom is -0.504 e. The highest BCUT2D eigenvalue weighted by molar-refractivity contribution is 5.84. The van der Waals surface area contributed by atoms with Crippen LogP contribution in [-0.2, 0) is 11.2 Å². The fraction of sp³-hybridized carbons (Fsp3) is 0.263. The number of hydrazone groups is 1. The third-order valence-electron chi connectivity index (χ3n) is 3.54. The molecule has 0 saturated carbocycles. The second-order valence-electron chi connectivity index (χ2n) is 5.56. The van der Waals surface area contributed by atoms with Crippen molar-refractivity contribution in [2.75, 3.05) is 6.61 Å². The molecule has 0 spiro atoms. The molecule has 0 bridgehead atoms. The molecule has 2 aromatic carbocycles. The van der Waals surface area contributed by atoms with Gasteiger partial charge in [-0.15, -0.1) is 0 Å². The largest absolute Gasteiger partial charge is 0.504 e. The monoisotopic (exact) mass is 326 g/mol. The lowest BCUT2D eigenvalue weighted by molar-refractivity contribution is -0.120. The van der Waals surface area contributed by atoms with Crippen molar-refractivity contribution in [1.29, 1.82) is 0 Å². The topological polar surface area (TPSA) is 70.9 Å². The van der Waals surface area contributed by atoms with E-state index in [1.54, 1.807) is 12.1 Å². The lowest BCUT2D eigenvalue weighted by Crippen LogP contribution is -2.20. The number of rotatable bonds is 6. The molecule has 0 heterocycles. The van der Waals surface area contributed by atoms with E-state index in [9.17, 15) is 9.90 Å². The van der Waals surface area contributed by atoms with Crippen molar-refractivity contribution in [3.05, 3.63) is 58.7 Å². The Labute approximate surface area is 142 Å². The molecule has 0 radical (unpaired) electrons. The Morgan fingerprint density at radius 1 is 1.25 bits per heavy atom. The highest BCUT2D eigenvalue weighted by atomic mass is 16.5. The molecule has 0 aromatic heterocycles. The SMILES string of the molecule is CCOc1cc(/C=N\NC(=O)Cc2ccc(C)cc2C)ccc1O. The van der Waals surface area contributed by atoms with Crippen molar-refractivity contribution in [2.24, 2.45) is 5.10 Å². The van der Waals surface area contributed by atoms with E-state index in [-0.39, 0.29) is 18.1 Å². The third-order valence-corrected chi connectivity index (χ3v) is 3.54. The maximum atomic E-state index is 12.0. The summed E-state index contributed by atoms with van der Waals surface area (Å²) in [7, 11) is 0. The Bertz CT molecular complexity index is 754. The van der Waals surface area contributed by atoms with Crippen LogP contribution in [0.25, 0.3) is 0 Å². The molecular formula is C19H22N2O3. The number of hydrogen-bond acceptors (Lipinski definition) is 4. The van der Waals surface area contributed by atoms with Crippen molar-refractivity contribution in [2.45, 2.75) is 27.2 Å². The van der Waals surface area contributed by atoms with Crippen LogP contribution in [0.2, 0.25) is 0 Å². The maximum absolute atomic E-state index is 12.0. The van der Waals surface area contributed by atoms with Gasteiger partial charge in [-0.1, -0.05) is 23.8 Å². The molecule has 0 fully saturated rings. The number of hydrogen-bond donors (Lipinski definition) is 2.